The Bertz CT molecular complexity index is 1300. The van der Waals surface area contributed by atoms with Gasteiger partial charge < -0.3 is 15.2 Å². The number of nitrogens with zero attached hydrogens (tertiary/aromatic N) is 3. The third-order valence-electron chi connectivity index (χ3n) is 6.04. The Hall–Kier alpha value is -3.22. The summed E-state index contributed by atoms with van der Waals surface area (Å²) in [6.07, 6.45) is 3.44. The predicted octanol–water partition coefficient (Wildman–Crippen LogP) is 4.58. The number of carboxylic acid groups (broad SMARTS) is 1. The fraction of sp³-hybridized carbons (Fsp3) is 0.360. The molecule has 1 unspecified atom stereocenters. The number of halogens is 4. The number of hydrogen-bond donors (Lipinski definition) is 2. The highest BCUT2D eigenvalue weighted by molar-refractivity contribution is 7.11. The van der Waals surface area contributed by atoms with Crippen LogP contribution in [0.1, 0.15) is 36.4 Å². The molecule has 202 valence electrons. The lowest BCUT2D eigenvalue weighted by molar-refractivity contribution is -0.139. The molecule has 0 radical (unpaired) electrons. The van der Waals surface area contributed by atoms with E-state index < -0.39 is 48.7 Å². The zero-order chi connectivity index (χ0) is 27.4. The van der Waals surface area contributed by atoms with Gasteiger partial charge in [-0.1, -0.05) is 23.7 Å². The average Bonchev–Trinajstić information content (AvgIpc) is 3.38. The Morgan fingerprint density at radius 1 is 1.39 bits per heavy atom. The molecule has 8 nitrogen and oxygen atoms in total. The molecule has 2 aromatic rings. The number of carbonyl (C=O) groups excluding carboxylic acids is 1. The van der Waals surface area contributed by atoms with Crippen molar-refractivity contribution in [2.75, 3.05) is 19.7 Å². The number of piperidine rings is 1. The van der Waals surface area contributed by atoms with Crippen LogP contribution in [0.25, 0.3) is 0 Å². The van der Waals surface area contributed by atoms with Gasteiger partial charge in [0.25, 0.3) is 5.92 Å². The fourth-order valence-corrected chi connectivity index (χ4v) is 5.25. The van der Waals surface area contributed by atoms with Crippen LogP contribution in [0, 0.1) is 5.82 Å². The number of rotatable bonds is 8. The molecule has 2 aliphatic rings. The van der Waals surface area contributed by atoms with Gasteiger partial charge in [0.15, 0.2) is 10.8 Å². The van der Waals surface area contributed by atoms with Gasteiger partial charge in [-0.3, -0.25) is 9.89 Å². The highest BCUT2D eigenvalue weighted by Crippen LogP contribution is 2.38. The van der Waals surface area contributed by atoms with Crippen LogP contribution in [0.4, 0.5) is 13.2 Å². The first-order valence-corrected chi connectivity index (χ1v) is 13.0. The van der Waals surface area contributed by atoms with Crippen LogP contribution in [0.5, 0.6) is 0 Å². The number of benzene rings is 1. The maximum atomic E-state index is 14.5. The first-order chi connectivity index (χ1) is 18.1. The fourth-order valence-electron chi connectivity index (χ4n) is 4.39. The van der Waals surface area contributed by atoms with Crippen molar-refractivity contribution in [3.8, 4) is 0 Å². The standard InChI is InChI=1S/C25H24ClF3N4O4S/c1-2-37-24(36)20-18(12-33-13-25(28,29)8-7-15(33)4-6-19(34)35)31-22(23-30-9-10-38-23)32-21(20)16-5-3-14(27)11-17(16)26/h3-6,9-11,15,21H,2,7-8,12-13H2,1H3,(H,31,32)(H,34,35)/b6-4+/t15?,21-/m0/s1. The van der Waals surface area contributed by atoms with E-state index in [1.165, 1.54) is 34.4 Å². The second-order valence-electron chi connectivity index (χ2n) is 8.69. The number of likely N-dealkylation sites (tertiary alicyclic amines) is 1. The molecule has 1 aromatic carbocycles. The highest BCUT2D eigenvalue weighted by Gasteiger charge is 2.41. The molecule has 38 heavy (non-hydrogen) atoms. The van der Waals surface area contributed by atoms with E-state index in [2.05, 4.69) is 15.3 Å². The topological polar surface area (TPSA) is 104 Å². The monoisotopic (exact) mass is 568 g/mol. The summed E-state index contributed by atoms with van der Waals surface area (Å²) in [6.45, 7) is 0.817. The Morgan fingerprint density at radius 3 is 2.84 bits per heavy atom. The molecule has 0 bridgehead atoms. The number of ether oxygens (including phenoxy) is 1. The summed E-state index contributed by atoms with van der Waals surface area (Å²) in [5.41, 5.74) is 0.562. The molecule has 0 spiro atoms. The number of aliphatic carboxylic acids is 1. The van der Waals surface area contributed by atoms with E-state index in [0.29, 0.717) is 10.6 Å². The minimum Gasteiger partial charge on any atom is -0.478 e. The SMILES string of the molecule is CCOC(=O)C1=C(CN2CC(F)(F)CCC2/C=C/C(=O)O)NC(c2nccs2)=N[C@H]1c1ccc(F)cc1Cl. The molecule has 4 rings (SSSR count). The molecule has 1 aromatic heterocycles. The minimum absolute atomic E-state index is 0.0133. The third-order valence-corrected chi connectivity index (χ3v) is 7.15. The molecule has 1 fully saturated rings. The first-order valence-electron chi connectivity index (χ1n) is 11.7. The number of amidine groups is 1. The van der Waals surface area contributed by atoms with E-state index in [-0.39, 0.29) is 41.7 Å². The van der Waals surface area contributed by atoms with Crippen molar-refractivity contribution in [2.45, 2.75) is 37.8 Å². The number of thiazole rings is 1. The summed E-state index contributed by atoms with van der Waals surface area (Å²) >= 11 is 7.63. The van der Waals surface area contributed by atoms with Gasteiger partial charge in [0.1, 0.15) is 11.9 Å². The molecule has 13 heteroatoms. The number of carbonyl (C=O) groups is 2. The van der Waals surface area contributed by atoms with Gasteiger partial charge in [0.05, 0.1) is 18.7 Å². The zero-order valence-electron chi connectivity index (χ0n) is 20.2. The Labute approximate surface area is 225 Å². The van der Waals surface area contributed by atoms with Gasteiger partial charge >= 0.3 is 11.9 Å². The van der Waals surface area contributed by atoms with E-state index >= 15 is 0 Å². The summed E-state index contributed by atoms with van der Waals surface area (Å²) in [6, 6.07) is 2.01. The van der Waals surface area contributed by atoms with E-state index in [1.807, 2.05) is 0 Å². The van der Waals surface area contributed by atoms with Crippen molar-refractivity contribution < 1.29 is 32.6 Å². The number of aromatic nitrogens is 1. The summed E-state index contributed by atoms with van der Waals surface area (Å²) in [4.78, 5) is 34.7. The second kappa shape index (κ2) is 11.7. The summed E-state index contributed by atoms with van der Waals surface area (Å²) in [7, 11) is 0. The molecule has 2 atom stereocenters. The van der Waals surface area contributed by atoms with Crippen molar-refractivity contribution in [1.29, 1.82) is 0 Å². The summed E-state index contributed by atoms with van der Waals surface area (Å²) < 4.78 is 48.1. The molecule has 2 N–H and O–H groups in total. The number of hydrogen-bond acceptors (Lipinski definition) is 8. The van der Waals surface area contributed by atoms with Crippen molar-refractivity contribution in [2.24, 2.45) is 4.99 Å². The lowest BCUT2D eigenvalue weighted by atomic mass is 9.93. The molecule has 3 heterocycles. The van der Waals surface area contributed by atoms with Gasteiger partial charge in [-0.2, -0.15) is 0 Å². The maximum Gasteiger partial charge on any atom is 0.338 e. The molecule has 2 aliphatic heterocycles. The normalized spacial score (nSPS) is 21.8. The van der Waals surface area contributed by atoms with Crippen LogP contribution in [0.15, 0.2) is 58.2 Å². The van der Waals surface area contributed by atoms with E-state index in [9.17, 15) is 22.8 Å². The largest absolute Gasteiger partial charge is 0.478 e. The zero-order valence-corrected chi connectivity index (χ0v) is 21.7. The molecule has 1 saturated heterocycles. The van der Waals surface area contributed by atoms with Gasteiger partial charge in [-0.25, -0.2) is 27.7 Å². The highest BCUT2D eigenvalue weighted by atomic mass is 35.5. The van der Waals surface area contributed by atoms with Crippen molar-refractivity contribution in [3.05, 3.63) is 74.6 Å². The third kappa shape index (κ3) is 6.43. The van der Waals surface area contributed by atoms with Crippen LogP contribution >= 0.6 is 22.9 Å². The lowest BCUT2D eigenvalue weighted by Gasteiger charge is -2.39. The van der Waals surface area contributed by atoms with E-state index in [4.69, 9.17) is 21.4 Å². The number of esters is 1. The number of nitrogens with one attached hydrogen (secondary N) is 1. The van der Waals surface area contributed by atoms with E-state index in [0.717, 1.165) is 12.1 Å². The molecular formula is C25H24ClF3N4O4S. The van der Waals surface area contributed by atoms with Gasteiger partial charge in [0.2, 0.25) is 0 Å². The van der Waals surface area contributed by atoms with Crippen LogP contribution in [-0.4, -0.2) is 64.4 Å². The van der Waals surface area contributed by atoms with Crippen molar-refractivity contribution in [3.63, 3.8) is 0 Å². The Morgan fingerprint density at radius 2 is 2.18 bits per heavy atom. The summed E-state index contributed by atoms with van der Waals surface area (Å²) in [5, 5.41) is 14.4. The minimum atomic E-state index is -3.02. The molecule has 0 saturated carbocycles. The lowest BCUT2D eigenvalue weighted by Crippen LogP contribution is -2.50. The van der Waals surface area contributed by atoms with Crippen LogP contribution in [0.2, 0.25) is 5.02 Å². The molecule has 0 amide bonds. The number of alkyl halides is 2. The maximum absolute atomic E-state index is 14.5. The van der Waals surface area contributed by atoms with E-state index in [1.54, 1.807) is 18.5 Å². The van der Waals surface area contributed by atoms with Crippen LogP contribution in [-0.2, 0) is 14.3 Å². The second-order valence-corrected chi connectivity index (χ2v) is 9.99. The van der Waals surface area contributed by atoms with Gasteiger partial charge in [-0.15, -0.1) is 11.3 Å². The first kappa shape index (κ1) is 27.8. The van der Waals surface area contributed by atoms with Crippen LogP contribution < -0.4 is 5.32 Å². The number of carboxylic acids is 1. The smallest absolute Gasteiger partial charge is 0.338 e. The van der Waals surface area contributed by atoms with Gasteiger partial charge in [-0.05, 0) is 25.5 Å². The van der Waals surface area contributed by atoms with Crippen molar-refractivity contribution >= 4 is 40.7 Å². The van der Waals surface area contributed by atoms with Crippen molar-refractivity contribution in [1.82, 2.24) is 15.2 Å². The predicted molar refractivity (Wildman–Crippen MR) is 136 cm³/mol. The molecule has 0 aliphatic carbocycles. The summed E-state index contributed by atoms with van der Waals surface area (Å²) in [5.74, 6) is -5.27. The quantitative estimate of drug-likeness (QED) is 0.355. The average molecular weight is 569 g/mol. The Balaban J connectivity index is 1.83. The van der Waals surface area contributed by atoms with Gasteiger partial charge in [0, 0.05) is 52.9 Å². The molecular weight excluding hydrogens is 545 g/mol. The Kier molecular flexibility index (Phi) is 8.54. The number of aliphatic imine (C=N–C) groups is 1. The van der Waals surface area contributed by atoms with Crippen LogP contribution in [0.3, 0.4) is 0 Å².